The van der Waals surface area contributed by atoms with E-state index < -0.39 is 40.3 Å². The summed E-state index contributed by atoms with van der Waals surface area (Å²) >= 11 is -0.676. The molecule has 0 saturated heterocycles. The predicted molar refractivity (Wildman–Crippen MR) is 110 cm³/mol. The molecule has 2 aliphatic rings. The molecule has 0 N–H and O–H groups in total. The van der Waals surface area contributed by atoms with Crippen molar-refractivity contribution < 1.29 is 52.5 Å². The van der Waals surface area contributed by atoms with Gasteiger partial charge in [0, 0.05) is 0 Å². The Hall–Kier alpha value is 0.137. The van der Waals surface area contributed by atoms with Gasteiger partial charge in [-0.15, -0.1) is 0 Å². The Kier molecular flexibility index (Phi) is 9.56. The third-order valence-corrected chi connectivity index (χ3v) is 12.2. The molecule has 1 nitrogen and oxygen atoms in total. The first kappa shape index (κ1) is 25.2. The van der Waals surface area contributed by atoms with Crippen LogP contribution in [0.2, 0.25) is 32.7 Å². The molecule has 6 heteroatoms. The van der Waals surface area contributed by atoms with Crippen LogP contribution in [0.1, 0.15) is 34.5 Å². The van der Waals surface area contributed by atoms with Gasteiger partial charge in [-0.2, -0.15) is 0 Å². The minimum Gasteiger partial charge on any atom is -1.00 e. The van der Waals surface area contributed by atoms with Crippen molar-refractivity contribution in [2.45, 2.75) is 56.1 Å². The molecule has 0 aliphatic heterocycles. The van der Waals surface area contributed by atoms with Gasteiger partial charge in [-0.25, -0.2) is 0 Å². The second-order valence-corrected chi connectivity index (χ2v) is 19.3. The first-order valence-corrected chi connectivity index (χ1v) is 18.4. The molecule has 1 atom stereocenters. The van der Waals surface area contributed by atoms with Gasteiger partial charge in [-0.1, -0.05) is 0 Å². The van der Waals surface area contributed by atoms with Crippen LogP contribution in [0.15, 0.2) is 50.2 Å². The fourth-order valence-electron chi connectivity index (χ4n) is 3.94. The molecule has 0 radical (unpaired) electrons. The molecule has 1 aromatic rings. The Morgan fingerprint density at radius 3 is 2.41 bits per heavy atom. The zero-order valence-electron chi connectivity index (χ0n) is 17.2. The molecule has 0 spiro atoms. The number of fused-ring (bicyclic) bond motifs is 1. The molecule has 1 unspecified atom stereocenters. The SMILES string of the molecule is CCC1=C(O[Si](C)(C)C)C[C]([Zr+2][CH]2C=Cc3ccccc32)=C1[SiH](C)C.[Cl-].[Cl-]. The van der Waals surface area contributed by atoms with Crippen LogP contribution in [0.4, 0.5) is 0 Å². The van der Waals surface area contributed by atoms with Crippen LogP contribution in [0, 0.1) is 0 Å². The first-order valence-electron chi connectivity index (χ1n) is 9.48. The molecule has 0 heterocycles. The topological polar surface area (TPSA) is 9.23 Å². The van der Waals surface area contributed by atoms with E-state index in [2.05, 4.69) is 76.1 Å². The van der Waals surface area contributed by atoms with E-state index in [0.717, 1.165) is 12.8 Å². The fraction of sp³-hybridized carbons (Fsp3) is 0.429. The van der Waals surface area contributed by atoms with Crippen molar-refractivity contribution in [3.8, 4) is 0 Å². The van der Waals surface area contributed by atoms with E-state index >= 15 is 0 Å². The summed E-state index contributed by atoms with van der Waals surface area (Å²) in [5.74, 6) is 1.35. The molecular formula is C21H30Cl2OSi2Zr. The monoisotopic (exact) mass is 514 g/mol. The normalized spacial score (nSPS) is 18.3. The summed E-state index contributed by atoms with van der Waals surface area (Å²) in [7, 11) is -2.37. The predicted octanol–water partition coefficient (Wildman–Crippen LogP) is 0.0443. The van der Waals surface area contributed by atoms with E-state index in [-0.39, 0.29) is 24.8 Å². The van der Waals surface area contributed by atoms with E-state index in [1.807, 2.05) is 3.28 Å². The van der Waals surface area contributed by atoms with Crippen LogP contribution in [0.3, 0.4) is 0 Å². The number of rotatable bonds is 6. The Balaban J connectivity index is 0.00000182. The third kappa shape index (κ3) is 5.82. The standard InChI is InChI=1S/C12H23OSi2.C9H7.2ClH.Zr/c1-7-10-11(13-15(4,5)6)8-9-12(10)14(2)3;1-2-5-9-7-3-6-8(9)4-1;;;/h14H,7-8H2,1-6H3;1-7H;2*1H;/q;;;;+2/p-2. The Labute approximate surface area is 191 Å². The summed E-state index contributed by atoms with van der Waals surface area (Å²) in [6.45, 7) is 14.3. The van der Waals surface area contributed by atoms with Gasteiger partial charge in [0.25, 0.3) is 0 Å². The molecule has 27 heavy (non-hydrogen) atoms. The van der Waals surface area contributed by atoms with Gasteiger partial charge in [-0.05, 0) is 0 Å². The van der Waals surface area contributed by atoms with Crippen LogP contribution in [0.5, 0.6) is 0 Å². The average molecular weight is 517 g/mol. The van der Waals surface area contributed by atoms with Crippen LogP contribution in [0.25, 0.3) is 6.08 Å². The first-order chi connectivity index (χ1) is 11.8. The van der Waals surface area contributed by atoms with Crippen molar-refractivity contribution in [3.63, 3.8) is 0 Å². The van der Waals surface area contributed by atoms with Gasteiger partial charge in [0.15, 0.2) is 0 Å². The van der Waals surface area contributed by atoms with Gasteiger partial charge in [-0.3, -0.25) is 0 Å². The summed E-state index contributed by atoms with van der Waals surface area (Å²) in [4.78, 5) is 0. The van der Waals surface area contributed by atoms with Gasteiger partial charge in [0.05, 0.1) is 0 Å². The second-order valence-electron chi connectivity index (χ2n) is 8.30. The van der Waals surface area contributed by atoms with E-state index in [0.29, 0.717) is 3.63 Å². The third-order valence-electron chi connectivity index (χ3n) is 4.81. The molecule has 3 rings (SSSR count). The molecule has 0 bridgehead atoms. The summed E-state index contributed by atoms with van der Waals surface area (Å²) in [6.07, 6.45) is 7.09. The Bertz CT molecular complexity index is 764. The molecule has 0 fully saturated rings. The molecular weight excluding hydrogens is 487 g/mol. The number of hydrogen-bond acceptors (Lipinski definition) is 1. The molecule has 0 saturated carbocycles. The minimum absolute atomic E-state index is 0. The number of hydrogen-bond donors (Lipinski definition) is 0. The maximum absolute atomic E-state index is 6.56. The van der Waals surface area contributed by atoms with Crippen molar-refractivity contribution in [3.05, 3.63) is 61.3 Å². The summed E-state index contributed by atoms with van der Waals surface area (Å²) in [6, 6.07) is 8.97. The summed E-state index contributed by atoms with van der Waals surface area (Å²) < 4.78 is 9.10. The fourth-order valence-corrected chi connectivity index (χ4v) is 13.2. The Morgan fingerprint density at radius 1 is 1.15 bits per heavy atom. The van der Waals surface area contributed by atoms with Gasteiger partial charge >= 0.3 is 168 Å². The maximum atomic E-state index is 6.56. The maximum Gasteiger partial charge on any atom is -1.00 e. The van der Waals surface area contributed by atoms with Gasteiger partial charge < -0.3 is 24.8 Å². The van der Waals surface area contributed by atoms with Crippen LogP contribution in [-0.2, 0) is 27.7 Å². The van der Waals surface area contributed by atoms with Gasteiger partial charge in [0.1, 0.15) is 0 Å². The number of halogens is 2. The van der Waals surface area contributed by atoms with Gasteiger partial charge in [0.2, 0.25) is 0 Å². The summed E-state index contributed by atoms with van der Waals surface area (Å²) in [5, 5.41) is 1.79. The molecule has 0 amide bonds. The van der Waals surface area contributed by atoms with Crippen LogP contribution >= 0.6 is 0 Å². The van der Waals surface area contributed by atoms with Crippen molar-refractivity contribution in [2.75, 3.05) is 0 Å². The second kappa shape index (κ2) is 10.3. The Morgan fingerprint density at radius 2 is 1.81 bits per heavy atom. The number of benzene rings is 1. The van der Waals surface area contributed by atoms with Crippen molar-refractivity contribution >= 4 is 23.2 Å². The molecule has 2 aliphatic carbocycles. The molecule has 1 aromatic carbocycles. The van der Waals surface area contributed by atoms with Crippen LogP contribution in [-0.4, -0.2) is 17.1 Å². The minimum atomic E-state index is -1.54. The van der Waals surface area contributed by atoms with E-state index in [1.165, 1.54) is 11.3 Å². The van der Waals surface area contributed by atoms with E-state index in [4.69, 9.17) is 4.43 Å². The van der Waals surface area contributed by atoms with Crippen LogP contribution < -0.4 is 24.8 Å². The zero-order valence-corrected chi connectivity index (χ0v) is 23.3. The van der Waals surface area contributed by atoms with Crippen molar-refractivity contribution in [1.29, 1.82) is 0 Å². The van der Waals surface area contributed by atoms with Crippen molar-refractivity contribution in [2.24, 2.45) is 0 Å². The molecule has 0 aromatic heterocycles. The smallest absolute Gasteiger partial charge is 1.00 e. The number of allylic oxidation sites excluding steroid dienone is 4. The van der Waals surface area contributed by atoms with E-state index in [9.17, 15) is 0 Å². The van der Waals surface area contributed by atoms with E-state index in [1.54, 1.807) is 16.3 Å². The van der Waals surface area contributed by atoms with Crippen molar-refractivity contribution in [1.82, 2.24) is 0 Å². The largest absolute Gasteiger partial charge is 1.00 e. The average Bonchev–Trinajstić information content (AvgIpc) is 3.07. The molecule has 146 valence electrons. The summed E-state index contributed by atoms with van der Waals surface area (Å²) in [5.41, 5.74) is 4.61. The quantitative estimate of drug-likeness (QED) is 0.486. The zero-order chi connectivity index (χ0) is 18.2.